The first-order chi connectivity index (χ1) is 14.0. The van der Waals surface area contributed by atoms with Crippen molar-refractivity contribution in [2.75, 3.05) is 37.6 Å². The second-order valence-electron chi connectivity index (χ2n) is 8.43. The van der Waals surface area contributed by atoms with Crippen LogP contribution in [0.5, 0.6) is 0 Å². The lowest BCUT2D eigenvalue weighted by molar-refractivity contribution is -0.131. The molecular formula is C23H36N4O2. The van der Waals surface area contributed by atoms with Crippen LogP contribution < -0.4 is 15.5 Å². The summed E-state index contributed by atoms with van der Waals surface area (Å²) in [6, 6.07) is 6.64. The van der Waals surface area contributed by atoms with Crippen LogP contribution in [0.1, 0.15) is 56.1 Å². The Morgan fingerprint density at radius 2 is 1.76 bits per heavy atom. The van der Waals surface area contributed by atoms with E-state index in [0.29, 0.717) is 25.4 Å². The highest BCUT2D eigenvalue weighted by molar-refractivity contribution is 5.77. The van der Waals surface area contributed by atoms with Crippen LogP contribution in [0.25, 0.3) is 0 Å². The Balaban J connectivity index is 1.32. The molecule has 2 N–H and O–H groups in total. The number of urea groups is 1. The molecule has 3 rings (SSSR count). The lowest BCUT2D eigenvalue weighted by Crippen LogP contribution is -2.49. The summed E-state index contributed by atoms with van der Waals surface area (Å²) in [7, 11) is 0. The van der Waals surface area contributed by atoms with E-state index in [0.717, 1.165) is 39.0 Å². The number of amides is 3. The number of nitrogens with zero attached hydrogens (tertiary/aromatic N) is 2. The second kappa shape index (κ2) is 10.5. The van der Waals surface area contributed by atoms with Crippen LogP contribution >= 0.6 is 0 Å². The zero-order chi connectivity index (χ0) is 20.6. The fourth-order valence-electron chi connectivity index (χ4n) is 4.36. The van der Waals surface area contributed by atoms with Crippen LogP contribution in [-0.2, 0) is 4.79 Å². The van der Waals surface area contributed by atoms with Gasteiger partial charge in [-0.3, -0.25) is 4.79 Å². The van der Waals surface area contributed by atoms with Gasteiger partial charge < -0.3 is 20.4 Å². The molecule has 1 aliphatic carbocycles. The van der Waals surface area contributed by atoms with Gasteiger partial charge in [0.05, 0.1) is 0 Å². The smallest absolute Gasteiger partial charge is 0.315 e. The van der Waals surface area contributed by atoms with Crippen molar-refractivity contribution >= 4 is 17.6 Å². The number of carbonyl (C=O) groups is 2. The van der Waals surface area contributed by atoms with Gasteiger partial charge >= 0.3 is 6.03 Å². The molecule has 1 aromatic carbocycles. The Bertz CT molecular complexity index is 692. The Morgan fingerprint density at radius 3 is 2.48 bits per heavy atom. The van der Waals surface area contributed by atoms with E-state index in [2.05, 4.69) is 47.6 Å². The summed E-state index contributed by atoms with van der Waals surface area (Å²) < 4.78 is 0. The molecule has 0 atom stereocenters. The van der Waals surface area contributed by atoms with Crippen molar-refractivity contribution in [1.29, 1.82) is 0 Å². The van der Waals surface area contributed by atoms with E-state index in [9.17, 15) is 9.59 Å². The molecule has 1 heterocycles. The molecule has 160 valence electrons. The molecule has 3 amide bonds. The molecule has 2 aliphatic rings. The SMILES string of the molecule is Cc1cccc(N2CCN(C(=O)CCCNC(=O)NC3CCCCC3)CC2)c1C. The molecular weight excluding hydrogens is 364 g/mol. The van der Waals surface area contributed by atoms with Crippen LogP contribution in [0.2, 0.25) is 0 Å². The van der Waals surface area contributed by atoms with Crippen LogP contribution in [0.4, 0.5) is 10.5 Å². The molecule has 0 unspecified atom stereocenters. The van der Waals surface area contributed by atoms with E-state index in [1.165, 1.54) is 36.1 Å². The average Bonchev–Trinajstić information content (AvgIpc) is 2.74. The predicted molar refractivity (Wildman–Crippen MR) is 117 cm³/mol. The highest BCUT2D eigenvalue weighted by Crippen LogP contribution is 2.24. The van der Waals surface area contributed by atoms with E-state index in [1.807, 2.05) is 4.90 Å². The van der Waals surface area contributed by atoms with Crippen molar-refractivity contribution in [3.05, 3.63) is 29.3 Å². The van der Waals surface area contributed by atoms with Crippen molar-refractivity contribution < 1.29 is 9.59 Å². The monoisotopic (exact) mass is 400 g/mol. The normalized spacial score (nSPS) is 17.9. The molecule has 1 saturated carbocycles. The lowest BCUT2D eigenvalue weighted by atomic mass is 9.96. The van der Waals surface area contributed by atoms with Gasteiger partial charge in [0.1, 0.15) is 0 Å². The number of benzene rings is 1. The predicted octanol–water partition coefficient (Wildman–Crippen LogP) is 3.36. The number of nitrogens with one attached hydrogen (secondary N) is 2. The average molecular weight is 401 g/mol. The minimum atomic E-state index is -0.0912. The van der Waals surface area contributed by atoms with Crippen LogP contribution in [-0.4, -0.2) is 55.6 Å². The molecule has 0 radical (unpaired) electrons. The maximum Gasteiger partial charge on any atom is 0.315 e. The van der Waals surface area contributed by atoms with Crippen molar-refractivity contribution in [2.45, 2.75) is 64.8 Å². The maximum absolute atomic E-state index is 12.5. The summed E-state index contributed by atoms with van der Waals surface area (Å²) in [5.74, 6) is 0.195. The van der Waals surface area contributed by atoms with Crippen molar-refractivity contribution in [3.8, 4) is 0 Å². The molecule has 0 spiro atoms. The zero-order valence-electron chi connectivity index (χ0n) is 18.0. The Morgan fingerprint density at radius 1 is 1.03 bits per heavy atom. The first-order valence-electron chi connectivity index (χ1n) is 11.2. The van der Waals surface area contributed by atoms with E-state index in [4.69, 9.17) is 0 Å². The van der Waals surface area contributed by atoms with Gasteiger partial charge in [-0.05, 0) is 50.3 Å². The number of piperazine rings is 1. The lowest BCUT2D eigenvalue weighted by Gasteiger charge is -2.37. The fourth-order valence-corrected chi connectivity index (χ4v) is 4.36. The minimum absolute atomic E-state index is 0.0912. The molecule has 6 nitrogen and oxygen atoms in total. The van der Waals surface area contributed by atoms with Crippen LogP contribution in [0.3, 0.4) is 0 Å². The molecule has 0 aromatic heterocycles. The highest BCUT2D eigenvalue weighted by atomic mass is 16.2. The number of aryl methyl sites for hydroxylation is 1. The van der Waals surface area contributed by atoms with Gasteiger partial charge in [-0.2, -0.15) is 0 Å². The van der Waals surface area contributed by atoms with Gasteiger partial charge in [0.2, 0.25) is 5.91 Å². The summed E-state index contributed by atoms with van der Waals surface area (Å²) in [5, 5.41) is 5.95. The van der Waals surface area contributed by atoms with Gasteiger partial charge in [0.25, 0.3) is 0 Å². The summed E-state index contributed by atoms with van der Waals surface area (Å²) in [6.45, 7) is 8.13. The van der Waals surface area contributed by atoms with Crippen molar-refractivity contribution in [2.24, 2.45) is 0 Å². The largest absolute Gasteiger partial charge is 0.368 e. The van der Waals surface area contributed by atoms with Gasteiger partial charge in [0.15, 0.2) is 0 Å². The molecule has 1 saturated heterocycles. The van der Waals surface area contributed by atoms with E-state index < -0.39 is 0 Å². The highest BCUT2D eigenvalue weighted by Gasteiger charge is 2.22. The summed E-state index contributed by atoms with van der Waals surface area (Å²) in [5.41, 5.74) is 3.91. The Labute approximate surface area is 175 Å². The third kappa shape index (κ3) is 6.12. The standard InChI is InChI=1S/C23H36N4O2/c1-18-8-6-11-21(19(18)2)26-14-16-27(17-15-26)22(28)12-7-13-24-23(29)25-20-9-4-3-5-10-20/h6,8,11,20H,3-5,7,9-10,12-17H2,1-2H3,(H2,24,25,29). The van der Waals surface area contributed by atoms with Crippen molar-refractivity contribution in [1.82, 2.24) is 15.5 Å². The quantitative estimate of drug-likeness (QED) is 0.720. The number of anilines is 1. The first-order valence-corrected chi connectivity index (χ1v) is 11.2. The number of rotatable bonds is 6. The molecule has 6 heteroatoms. The number of hydrogen-bond acceptors (Lipinski definition) is 3. The van der Waals surface area contributed by atoms with E-state index in [1.54, 1.807) is 0 Å². The minimum Gasteiger partial charge on any atom is -0.368 e. The van der Waals surface area contributed by atoms with E-state index in [-0.39, 0.29) is 11.9 Å². The van der Waals surface area contributed by atoms with Crippen molar-refractivity contribution in [3.63, 3.8) is 0 Å². The van der Waals surface area contributed by atoms with Crippen LogP contribution in [0.15, 0.2) is 18.2 Å². The Kier molecular flexibility index (Phi) is 7.78. The van der Waals surface area contributed by atoms with Gasteiger partial charge in [-0.15, -0.1) is 0 Å². The Hall–Kier alpha value is -2.24. The third-order valence-corrected chi connectivity index (χ3v) is 6.34. The summed E-state index contributed by atoms with van der Waals surface area (Å²) >= 11 is 0. The van der Waals surface area contributed by atoms with Crippen LogP contribution in [0, 0.1) is 13.8 Å². The summed E-state index contributed by atoms with van der Waals surface area (Å²) in [6.07, 6.45) is 7.04. The molecule has 2 fully saturated rings. The summed E-state index contributed by atoms with van der Waals surface area (Å²) in [4.78, 5) is 28.8. The molecule has 1 aromatic rings. The number of hydrogen-bond donors (Lipinski definition) is 2. The fraction of sp³-hybridized carbons (Fsp3) is 0.652. The second-order valence-corrected chi connectivity index (χ2v) is 8.43. The third-order valence-electron chi connectivity index (χ3n) is 6.34. The molecule has 29 heavy (non-hydrogen) atoms. The topological polar surface area (TPSA) is 64.7 Å². The first kappa shape index (κ1) is 21.5. The van der Waals surface area contributed by atoms with Gasteiger partial charge in [-0.25, -0.2) is 4.79 Å². The van der Waals surface area contributed by atoms with Gasteiger partial charge in [0, 0.05) is 50.9 Å². The number of carbonyl (C=O) groups excluding carboxylic acids is 2. The zero-order valence-corrected chi connectivity index (χ0v) is 18.0. The molecule has 1 aliphatic heterocycles. The van der Waals surface area contributed by atoms with Gasteiger partial charge in [-0.1, -0.05) is 31.4 Å². The maximum atomic E-state index is 12.5. The molecule has 0 bridgehead atoms. The van der Waals surface area contributed by atoms with E-state index >= 15 is 0 Å².